The van der Waals surface area contributed by atoms with Gasteiger partial charge in [0, 0.05) is 28.6 Å². The number of hydrogen-bond acceptors (Lipinski definition) is 4. The van der Waals surface area contributed by atoms with Gasteiger partial charge in [0.1, 0.15) is 5.52 Å². The highest BCUT2D eigenvalue weighted by atomic mass is 15.1. The van der Waals surface area contributed by atoms with Gasteiger partial charge < -0.3 is 5.32 Å². The summed E-state index contributed by atoms with van der Waals surface area (Å²) >= 11 is 0. The van der Waals surface area contributed by atoms with Crippen molar-refractivity contribution in [3.8, 4) is 11.3 Å². The Morgan fingerprint density at radius 3 is 2.60 bits per heavy atom. The summed E-state index contributed by atoms with van der Waals surface area (Å²) in [6, 6.07) is 17.1. The monoisotopic (exact) mass is 326 g/mol. The molecule has 0 atom stereocenters. The molecule has 4 heteroatoms. The lowest BCUT2D eigenvalue weighted by Gasteiger charge is -2.11. The Bertz CT molecular complexity index is 1090. The molecule has 1 fully saturated rings. The van der Waals surface area contributed by atoms with Crippen LogP contribution in [-0.2, 0) is 0 Å². The average molecular weight is 326 g/mol. The molecule has 4 nitrogen and oxygen atoms in total. The maximum atomic E-state index is 4.95. The van der Waals surface area contributed by atoms with Crippen molar-refractivity contribution in [3.63, 3.8) is 0 Å². The molecule has 122 valence electrons. The number of nitrogens with one attached hydrogen (secondary N) is 1. The van der Waals surface area contributed by atoms with Crippen LogP contribution in [0, 0.1) is 6.92 Å². The van der Waals surface area contributed by atoms with E-state index in [2.05, 4.69) is 47.6 Å². The average Bonchev–Trinajstić information content (AvgIpc) is 3.45. The Hall–Kier alpha value is -3.01. The van der Waals surface area contributed by atoms with Gasteiger partial charge in [-0.3, -0.25) is 0 Å². The number of hydrogen-bond donors (Lipinski definition) is 1. The van der Waals surface area contributed by atoms with Gasteiger partial charge in [-0.2, -0.15) is 0 Å². The normalized spacial score (nSPS) is 14.1. The van der Waals surface area contributed by atoms with Crippen LogP contribution >= 0.6 is 0 Å². The van der Waals surface area contributed by atoms with Crippen molar-refractivity contribution in [3.05, 3.63) is 60.3 Å². The van der Waals surface area contributed by atoms with Gasteiger partial charge in [0.2, 0.25) is 5.95 Å². The zero-order valence-electron chi connectivity index (χ0n) is 14.0. The van der Waals surface area contributed by atoms with Crippen LogP contribution in [-0.4, -0.2) is 21.0 Å². The number of rotatable bonds is 3. The Labute approximate surface area is 146 Å². The Morgan fingerprint density at radius 1 is 0.960 bits per heavy atom. The number of aromatic nitrogens is 3. The topological polar surface area (TPSA) is 50.7 Å². The second-order valence-electron chi connectivity index (χ2n) is 6.72. The summed E-state index contributed by atoms with van der Waals surface area (Å²) in [7, 11) is 0. The lowest BCUT2D eigenvalue weighted by Crippen LogP contribution is -2.06. The van der Waals surface area contributed by atoms with Gasteiger partial charge in [-0.25, -0.2) is 15.0 Å². The van der Waals surface area contributed by atoms with E-state index in [1.807, 2.05) is 24.4 Å². The van der Waals surface area contributed by atoms with E-state index in [9.17, 15) is 0 Å². The van der Waals surface area contributed by atoms with Crippen molar-refractivity contribution >= 4 is 27.8 Å². The van der Waals surface area contributed by atoms with Gasteiger partial charge in [0.05, 0.1) is 11.2 Å². The molecule has 2 heterocycles. The third-order valence-electron chi connectivity index (χ3n) is 4.65. The molecule has 0 aliphatic heterocycles. The van der Waals surface area contributed by atoms with E-state index < -0.39 is 0 Å². The van der Waals surface area contributed by atoms with E-state index in [1.165, 1.54) is 18.4 Å². The maximum Gasteiger partial charge on any atom is 0.223 e. The first-order valence-corrected chi connectivity index (χ1v) is 8.67. The Morgan fingerprint density at radius 2 is 1.80 bits per heavy atom. The third-order valence-corrected chi connectivity index (χ3v) is 4.65. The van der Waals surface area contributed by atoms with E-state index in [1.54, 1.807) is 0 Å². The van der Waals surface area contributed by atoms with Gasteiger partial charge in [0.15, 0.2) is 0 Å². The van der Waals surface area contributed by atoms with Gasteiger partial charge >= 0.3 is 0 Å². The summed E-state index contributed by atoms with van der Waals surface area (Å²) in [6.07, 6.45) is 4.32. The first-order chi connectivity index (χ1) is 12.3. The third kappa shape index (κ3) is 2.60. The van der Waals surface area contributed by atoms with Gasteiger partial charge in [-0.1, -0.05) is 42.5 Å². The van der Waals surface area contributed by atoms with E-state index in [-0.39, 0.29) is 0 Å². The summed E-state index contributed by atoms with van der Waals surface area (Å²) in [5.74, 6) is 0.695. The molecule has 1 aliphatic rings. The van der Waals surface area contributed by atoms with Gasteiger partial charge in [0.25, 0.3) is 0 Å². The van der Waals surface area contributed by atoms with E-state index >= 15 is 0 Å². The minimum Gasteiger partial charge on any atom is -0.351 e. The maximum absolute atomic E-state index is 4.95. The number of pyridine rings is 1. The molecule has 0 bridgehead atoms. The minimum absolute atomic E-state index is 0.522. The Kier molecular flexibility index (Phi) is 3.17. The van der Waals surface area contributed by atoms with Crippen LogP contribution in [0.25, 0.3) is 33.1 Å². The zero-order valence-corrected chi connectivity index (χ0v) is 14.0. The number of aryl methyl sites for hydroxylation is 1. The predicted octanol–water partition coefficient (Wildman–Crippen LogP) is 4.73. The molecule has 5 rings (SSSR count). The van der Waals surface area contributed by atoms with E-state index in [0.717, 1.165) is 33.1 Å². The van der Waals surface area contributed by atoms with Crippen LogP contribution < -0.4 is 5.32 Å². The van der Waals surface area contributed by atoms with Crippen molar-refractivity contribution in [1.29, 1.82) is 0 Å². The lowest BCUT2D eigenvalue weighted by molar-refractivity contribution is 1.07. The first-order valence-electron chi connectivity index (χ1n) is 8.67. The minimum atomic E-state index is 0.522. The fraction of sp³-hybridized carbons (Fsp3) is 0.190. The fourth-order valence-electron chi connectivity index (χ4n) is 3.17. The molecule has 1 aliphatic carbocycles. The van der Waals surface area contributed by atoms with Crippen molar-refractivity contribution in [1.82, 2.24) is 15.0 Å². The molecular formula is C21H18N4. The predicted molar refractivity (Wildman–Crippen MR) is 102 cm³/mol. The molecule has 0 radical (unpaired) electrons. The quantitative estimate of drug-likeness (QED) is 0.553. The highest BCUT2D eigenvalue weighted by Gasteiger charge is 2.22. The number of anilines is 1. The number of nitrogens with zero attached hydrogens (tertiary/aromatic N) is 3. The van der Waals surface area contributed by atoms with Crippen molar-refractivity contribution in [2.24, 2.45) is 0 Å². The van der Waals surface area contributed by atoms with Crippen molar-refractivity contribution in [2.45, 2.75) is 25.8 Å². The molecule has 1 saturated carbocycles. The molecule has 25 heavy (non-hydrogen) atoms. The number of fused-ring (bicyclic) bond motifs is 3. The molecule has 4 aromatic rings. The fourth-order valence-corrected chi connectivity index (χ4v) is 3.17. The summed E-state index contributed by atoms with van der Waals surface area (Å²) in [4.78, 5) is 14.3. The molecule has 1 N–H and O–H groups in total. The van der Waals surface area contributed by atoms with Gasteiger partial charge in [-0.15, -0.1) is 0 Å². The standard InChI is InChI=1S/C21H18N4/c1-13-7-10-16-17-12-22-21(23-15-8-9-15)25-20(17)19(24-18(16)11-13)14-5-3-2-4-6-14/h2-7,10-12,15H,8-9H2,1H3,(H,22,23,25). The summed E-state index contributed by atoms with van der Waals surface area (Å²) < 4.78 is 0. The van der Waals surface area contributed by atoms with Crippen LogP contribution in [0.4, 0.5) is 5.95 Å². The van der Waals surface area contributed by atoms with Crippen LogP contribution in [0.1, 0.15) is 18.4 Å². The SMILES string of the molecule is Cc1ccc2c(c1)nc(-c1ccccc1)c1nc(NC3CC3)ncc12. The zero-order chi connectivity index (χ0) is 16.8. The highest BCUT2D eigenvalue weighted by Crippen LogP contribution is 2.32. The largest absolute Gasteiger partial charge is 0.351 e. The molecule has 0 unspecified atom stereocenters. The van der Waals surface area contributed by atoms with E-state index in [4.69, 9.17) is 9.97 Å². The van der Waals surface area contributed by atoms with Crippen molar-refractivity contribution in [2.75, 3.05) is 5.32 Å². The van der Waals surface area contributed by atoms with Crippen molar-refractivity contribution < 1.29 is 0 Å². The summed E-state index contributed by atoms with van der Waals surface area (Å²) in [5, 5.41) is 5.54. The van der Waals surface area contributed by atoms with Crippen LogP contribution in [0.3, 0.4) is 0 Å². The molecule has 2 aromatic carbocycles. The molecular weight excluding hydrogens is 308 g/mol. The van der Waals surface area contributed by atoms with Crippen LogP contribution in [0.15, 0.2) is 54.7 Å². The van der Waals surface area contributed by atoms with Gasteiger partial charge in [-0.05, 0) is 31.4 Å². The Balaban J connectivity index is 1.82. The first kappa shape index (κ1) is 14.3. The molecule has 2 aromatic heterocycles. The van der Waals surface area contributed by atoms with Crippen LogP contribution in [0.2, 0.25) is 0 Å². The smallest absolute Gasteiger partial charge is 0.223 e. The second kappa shape index (κ2) is 5.52. The van der Waals surface area contributed by atoms with E-state index in [0.29, 0.717) is 12.0 Å². The summed E-state index contributed by atoms with van der Waals surface area (Å²) in [5.41, 5.74) is 5.08. The number of benzene rings is 2. The highest BCUT2D eigenvalue weighted by molar-refractivity contribution is 6.09. The molecule has 0 amide bonds. The molecule has 0 saturated heterocycles. The second-order valence-corrected chi connectivity index (χ2v) is 6.72. The molecule has 0 spiro atoms. The summed E-state index contributed by atoms with van der Waals surface area (Å²) in [6.45, 7) is 2.09. The van der Waals surface area contributed by atoms with Crippen LogP contribution in [0.5, 0.6) is 0 Å². The lowest BCUT2D eigenvalue weighted by atomic mass is 10.0.